The van der Waals surface area contributed by atoms with Crippen LogP contribution >= 0.6 is 0 Å². The molecule has 9 heavy (non-hydrogen) atoms. The van der Waals surface area contributed by atoms with Gasteiger partial charge < -0.3 is 4.85 Å². The summed E-state index contributed by atoms with van der Waals surface area (Å²) in [6.45, 7) is 7.00. The Kier molecular flexibility index (Phi) is 0.883. The fraction of sp³-hybridized carbons (Fsp3) is 0.875. The first-order valence-electron chi connectivity index (χ1n) is 3.73. The molecule has 2 fully saturated rings. The van der Waals surface area contributed by atoms with E-state index in [-0.39, 0.29) is 5.54 Å². The van der Waals surface area contributed by atoms with E-state index in [2.05, 4.69) is 4.85 Å². The molecule has 0 spiro atoms. The van der Waals surface area contributed by atoms with Crippen molar-refractivity contribution in [1.82, 2.24) is 0 Å². The molecular formula is C8H11N. The maximum Gasteiger partial charge on any atom is 0.232 e. The minimum absolute atomic E-state index is 0.144. The topological polar surface area (TPSA) is 4.36 Å². The Labute approximate surface area is 55.9 Å². The highest BCUT2D eigenvalue weighted by molar-refractivity contribution is 5.09. The smallest absolute Gasteiger partial charge is 0.232 e. The van der Waals surface area contributed by atoms with Crippen LogP contribution in [0.15, 0.2) is 0 Å². The molecule has 0 N–H and O–H groups in total. The van der Waals surface area contributed by atoms with Crippen molar-refractivity contribution >= 4 is 0 Å². The van der Waals surface area contributed by atoms with Crippen LogP contribution in [0.4, 0.5) is 0 Å². The summed E-state index contributed by atoms with van der Waals surface area (Å²) in [4.78, 5) is 3.73. The summed E-state index contributed by atoms with van der Waals surface area (Å²) in [6.07, 6.45) is 6.28. The molecule has 2 aliphatic rings. The number of hydrogen-bond acceptors (Lipinski definition) is 0. The molecule has 0 heterocycles. The summed E-state index contributed by atoms with van der Waals surface area (Å²) < 4.78 is 0. The molecule has 0 aromatic heterocycles. The van der Waals surface area contributed by atoms with Crippen LogP contribution in [-0.2, 0) is 0 Å². The predicted octanol–water partition coefficient (Wildman–Crippen LogP) is 2.24. The molecule has 0 aromatic rings. The highest BCUT2D eigenvalue weighted by Gasteiger charge is 2.50. The van der Waals surface area contributed by atoms with Crippen LogP contribution in [0.2, 0.25) is 0 Å². The summed E-state index contributed by atoms with van der Waals surface area (Å²) >= 11 is 0. The zero-order valence-electron chi connectivity index (χ0n) is 5.56. The highest BCUT2D eigenvalue weighted by Crippen LogP contribution is 2.49. The van der Waals surface area contributed by atoms with E-state index in [1.54, 1.807) is 0 Å². The minimum Gasteiger partial charge on any atom is -0.310 e. The number of hydrogen-bond donors (Lipinski definition) is 0. The Hall–Kier alpha value is -0.510. The fourth-order valence-corrected chi connectivity index (χ4v) is 2.32. The number of rotatable bonds is 0. The van der Waals surface area contributed by atoms with E-state index in [1.165, 1.54) is 32.1 Å². The average molecular weight is 121 g/mol. The molecule has 1 nitrogen and oxygen atoms in total. The van der Waals surface area contributed by atoms with Crippen molar-refractivity contribution in [2.75, 3.05) is 0 Å². The van der Waals surface area contributed by atoms with Gasteiger partial charge in [-0.25, -0.2) is 6.57 Å². The lowest BCUT2D eigenvalue weighted by molar-refractivity contribution is 0.468. The van der Waals surface area contributed by atoms with Crippen LogP contribution in [0, 0.1) is 12.5 Å². The van der Waals surface area contributed by atoms with Crippen molar-refractivity contribution in [1.29, 1.82) is 0 Å². The minimum atomic E-state index is 0.144. The van der Waals surface area contributed by atoms with Gasteiger partial charge in [-0.1, -0.05) is 0 Å². The van der Waals surface area contributed by atoms with Gasteiger partial charge in [0.1, 0.15) is 0 Å². The van der Waals surface area contributed by atoms with Gasteiger partial charge >= 0.3 is 0 Å². The molecule has 0 unspecified atom stereocenters. The molecule has 0 amide bonds. The summed E-state index contributed by atoms with van der Waals surface area (Å²) in [6, 6.07) is 0. The first-order chi connectivity index (χ1) is 4.35. The van der Waals surface area contributed by atoms with Crippen LogP contribution < -0.4 is 0 Å². The zero-order chi connectivity index (χ0) is 6.32. The van der Waals surface area contributed by atoms with Crippen LogP contribution in [0.3, 0.4) is 0 Å². The number of nitrogens with zero attached hydrogens (tertiary/aromatic N) is 1. The summed E-state index contributed by atoms with van der Waals surface area (Å²) in [5.74, 6) is 0.930. The molecule has 1 heteroatoms. The lowest BCUT2D eigenvalue weighted by Crippen LogP contribution is -2.15. The molecule has 0 radical (unpaired) electrons. The molecular weight excluding hydrogens is 110 g/mol. The van der Waals surface area contributed by atoms with E-state index in [0.29, 0.717) is 0 Å². The Morgan fingerprint density at radius 1 is 1.33 bits per heavy atom. The molecule has 48 valence electrons. The summed E-state index contributed by atoms with van der Waals surface area (Å²) in [7, 11) is 0. The Morgan fingerprint density at radius 3 is 2.22 bits per heavy atom. The third-order valence-corrected chi connectivity index (χ3v) is 2.94. The maximum absolute atomic E-state index is 7.00. The van der Waals surface area contributed by atoms with Gasteiger partial charge in [0.25, 0.3) is 0 Å². The van der Waals surface area contributed by atoms with E-state index >= 15 is 0 Å². The lowest BCUT2D eigenvalue weighted by atomic mass is 9.95. The van der Waals surface area contributed by atoms with Gasteiger partial charge in [-0.2, -0.15) is 0 Å². The van der Waals surface area contributed by atoms with Crippen molar-refractivity contribution in [2.24, 2.45) is 5.92 Å². The molecule has 0 aliphatic heterocycles. The lowest BCUT2D eigenvalue weighted by Gasteiger charge is -2.11. The molecule has 2 rings (SSSR count). The molecule has 2 saturated carbocycles. The zero-order valence-corrected chi connectivity index (χ0v) is 5.56. The van der Waals surface area contributed by atoms with Gasteiger partial charge in [0.2, 0.25) is 5.54 Å². The van der Waals surface area contributed by atoms with Crippen LogP contribution in [0.5, 0.6) is 0 Å². The molecule has 0 atom stereocenters. The second kappa shape index (κ2) is 1.50. The van der Waals surface area contributed by atoms with Crippen molar-refractivity contribution in [2.45, 2.75) is 37.6 Å². The fourth-order valence-electron chi connectivity index (χ4n) is 2.32. The van der Waals surface area contributed by atoms with Crippen molar-refractivity contribution in [3.05, 3.63) is 11.4 Å². The summed E-state index contributed by atoms with van der Waals surface area (Å²) in [5, 5.41) is 0. The van der Waals surface area contributed by atoms with E-state index in [4.69, 9.17) is 6.57 Å². The monoisotopic (exact) mass is 121 g/mol. The SMILES string of the molecule is [C-]#[N+]C12CCC(CC1)C2. The van der Waals surface area contributed by atoms with E-state index in [0.717, 1.165) is 5.92 Å². The van der Waals surface area contributed by atoms with Crippen molar-refractivity contribution in [3.8, 4) is 0 Å². The standard InChI is InChI=1S/C8H11N/c1-9-8-4-2-7(6-8)3-5-8/h7H,2-6H2. The van der Waals surface area contributed by atoms with Gasteiger partial charge in [0, 0.05) is 19.3 Å². The van der Waals surface area contributed by atoms with E-state index < -0.39 is 0 Å². The quantitative estimate of drug-likeness (QED) is 0.433. The Bertz CT molecular complexity index is 158. The second-order valence-corrected chi connectivity index (χ2v) is 3.48. The van der Waals surface area contributed by atoms with Gasteiger partial charge in [0.15, 0.2) is 0 Å². The van der Waals surface area contributed by atoms with E-state index in [9.17, 15) is 0 Å². The predicted molar refractivity (Wildman–Crippen MR) is 35.9 cm³/mol. The highest BCUT2D eigenvalue weighted by atomic mass is 14.8. The first kappa shape index (κ1) is 5.29. The first-order valence-corrected chi connectivity index (χ1v) is 3.73. The van der Waals surface area contributed by atoms with Crippen molar-refractivity contribution in [3.63, 3.8) is 0 Å². The van der Waals surface area contributed by atoms with Gasteiger partial charge in [0.05, 0.1) is 0 Å². The largest absolute Gasteiger partial charge is 0.310 e. The van der Waals surface area contributed by atoms with Gasteiger partial charge in [-0.05, 0) is 18.8 Å². The molecule has 2 bridgehead atoms. The molecule has 0 saturated heterocycles. The van der Waals surface area contributed by atoms with Crippen molar-refractivity contribution < 1.29 is 0 Å². The van der Waals surface area contributed by atoms with Crippen LogP contribution in [0.1, 0.15) is 32.1 Å². The Balaban J connectivity index is 2.25. The number of fused-ring (bicyclic) bond motifs is 2. The summed E-state index contributed by atoms with van der Waals surface area (Å²) in [5.41, 5.74) is 0.144. The molecule has 2 aliphatic carbocycles. The maximum atomic E-state index is 7.00. The molecule has 0 aromatic carbocycles. The average Bonchev–Trinajstić information content (AvgIpc) is 2.46. The van der Waals surface area contributed by atoms with Crippen LogP contribution in [-0.4, -0.2) is 5.54 Å². The third kappa shape index (κ3) is 0.594. The Morgan fingerprint density at radius 2 is 2.00 bits per heavy atom. The van der Waals surface area contributed by atoms with Gasteiger partial charge in [-0.15, -0.1) is 0 Å². The third-order valence-electron chi connectivity index (χ3n) is 2.94. The second-order valence-electron chi connectivity index (χ2n) is 3.48. The normalized spacial score (nSPS) is 47.2. The van der Waals surface area contributed by atoms with E-state index in [1.807, 2.05) is 0 Å². The van der Waals surface area contributed by atoms with Gasteiger partial charge in [-0.3, -0.25) is 0 Å². The van der Waals surface area contributed by atoms with Crippen LogP contribution in [0.25, 0.3) is 4.85 Å².